The Labute approximate surface area is 269 Å². The predicted molar refractivity (Wildman–Crippen MR) is 180 cm³/mol. The number of H-pyrrole nitrogens is 1. The third kappa shape index (κ3) is 5.71. The quantitative estimate of drug-likeness (QED) is 0.198. The average molecular weight is 714 g/mol. The third-order valence-electron chi connectivity index (χ3n) is 7.07. The summed E-state index contributed by atoms with van der Waals surface area (Å²) >= 11 is 6.62. The predicted octanol–water partition coefficient (Wildman–Crippen LogP) is 6.61. The standard InChI is InChI=1S/2C16H13BrN4O/c1-21-8-11(10-5-9(22-2)3-4-14(10)21)12-6-13-16(20-12)18-7-15(17)19-13;1-21-9-10(12-7-11(22-2)4-6-14(12)21)3-5-13-16(18)19-8-15(17)20-13/h3-8H,1-2H3,(H,18,20);4,6-9H,1-2H3,(H2,18,19). The van der Waals surface area contributed by atoms with E-state index in [9.17, 15) is 0 Å². The molecule has 5 aromatic heterocycles. The molecule has 0 saturated carbocycles. The van der Waals surface area contributed by atoms with E-state index >= 15 is 0 Å². The van der Waals surface area contributed by atoms with Gasteiger partial charge in [-0.05, 0) is 80.2 Å². The molecule has 0 fully saturated rings. The molecule has 3 N–H and O–H groups in total. The second-order valence-electron chi connectivity index (χ2n) is 9.86. The van der Waals surface area contributed by atoms with E-state index in [2.05, 4.69) is 85.5 Å². The van der Waals surface area contributed by atoms with Crippen molar-refractivity contribution in [3.05, 3.63) is 87.7 Å². The SMILES string of the molecule is COc1ccc2c(c1)c(-c1cc3nc(Br)cnc3[nH]1)cn2C.COc1ccc2c(c1)c(C#Cc1nc(Br)cnc1N)cn2C. The molecule has 220 valence electrons. The molecule has 0 atom stereocenters. The third-order valence-corrected chi connectivity index (χ3v) is 7.84. The Morgan fingerprint density at radius 1 is 0.795 bits per heavy atom. The van der Waals surface area contributed by atoms with Crippen molar-refractivity contribution in [2.75, 3.05) is 20.0 Å². The highest BCUT2D eigenvalue weighted by atomic mass is 79.9. The molecule has 0 radical (unpaired) electrons. The van der Waals surface area contributed by atoms with Gasteiger partial charge in [-0.3, -0.25) is 0 Å². The van der Waals surface area contributed by atoms with Crippen molar-refractivity contribution in [2.45, 2.75) is 0 Å². The van der Waals surface area contributed by atoms with Crippen LogP contribution in [0.25, 0.3) is 44.2 Å². The lowest BCUT2D eigenvalue weighted by Gasteiger charge is -2.01. The zero-order chi connectivity index (χ0) is 31.0. The summed E-state index contributed by atoms with van der Waals surface area (Å²) in [5, 5.41) is 2.16. The number of anilines is 1. The van der Waals surface area contributed by atoms with E-state index in [-0.39, 0.29) is 0 Å². The van der Waals surface area contributed by atoms with Crippen molar-refractivity contribution < 1.29 is 9.47 Å². The van der Waals surface area contributed by atoms with Crippen molar-refractivity contribution in [2.24, 2.45) is 14.1 Å². The van der Waals surface area contributed by atoms with Crippen LogP contribution >= 0.6 is 31.9 Å². The lowest BCUT2D eigenvalue weighted by Crippen LogP contribution is -1.97. The monoisotopic (exact) mass is 712 g/mol. The fraction of sp³-hybridized carbons (Fsp3) is 0.125. The van der Waals surface area contributed by atoms with Crippen LogP contribution in [0.15, 0.2) is 76.5 Å². The number of aromatic nitrogens is 7. The number of halogens is 2. The molecule has 7 aromatic rings. The van der Waals surface area contributed by atoms with Crippen molar-refractivity contribution in [1.82, 2.24) is 34.1 Å². The number of benzene rings is 2. The Balaban J connectivity index is 0.000000156. The van der Waals surface area contributed by atoms with Gasteiger partial charge in [-0.2, -0.15) is 0 Å². The van der Waals surface area contributed by atoms with Crippen molar-refractivity contribution >= 4 is 70.6 Å². The van der Waals surface area contributed by atoms with E-state index < -0.39 is 0 Å². The molecule has 0 bridgehead atoms. The Bertz CT molecular complexity index is 2240. The normalized spacial score (nSPS) is 10.9. The number of nitrogens with two attached hydrogens (primary N) is 1. The molecule has 0 aliphatic heterocycles. The van der Waals surface area contributed by atoms with Crippen LogP contribution in [-0.2, 0) is 14.1 Å². The van der Waals surface area contributed by atoms with Gasteiger partial charge >= 0.3 is 0 Å². The molecule has 0 aliphatic carbocycles. The van der Waals surface area contributed by atoms with Gasteiger partial charge in [0.1, 0.15) is 26.2 Å². The largest absolute Gasteiger partial charge is 0.497 e. The van der Waals surface area contributed by atoms with Gasteiger partial charge in [0.2, 0.25) is 0 Å². The first kappa shape index (κ1) is 29.2. The molecule has 0 unspecified atom stereocenters. The van der Waals surface area contributed by atoms with Gasteiger partial charge in [0.15, 0.2) is 17.2 Å². The van der Waals surface area contributed by atoms with E-state index in [4.69, 9.17) is 15.2 Å². The van der Waals surface area contributed by atoms with Crippen LogP contribution in [0.1, 0.15) is 11.3 Å². The summed E-state index contributed by atoms with van der Waals surface area (Å²) in [5.41, 5.74) is 13.1. The summed E-state index contributed by atoms with van der Waals surface area (Å²) in [7, 11) is 7.34. The number of nitrogens with zero attached hydrogens (tertiary/aromatic N) is 6. The Morgan fingerprint density at radius 2 is 1.43 bits per heavy atom. The van der Waals surface area contributed by atoms with Crippen LogP contribution in [0.4, 0.5) is 5.82 Å². The van der Waals surface area contributed by atoms with Gasteiger partial charge in [0.25, 0.3) is 0 Å². The second kappa shape index (κ2) is 12.0. The molecule has 0 spiro atoms. The molecule has 10 nitrogen and oxygen atoms in total. The molecule has 2 aromatic carbocycles. The van der Waals surface area contributed by atoms with Crippen LogP contribution in [-0.4, -0.2) is 48.3 Å². The van der Waals surface area contributed by atoms with Crippen molar-refractivity contribution in [3.63, 3.8) is 0 Å². The van der Waals surface area contributed by atoms with Gasteiger partial charge in [-0.25, -0.2) is 19.9 Å². The number of fused-ring (bicyclic) bond motifs is 3. The molecule has 0 aliphatic rings. The van der Waals surface area contributed by atoms with Gasteiger partial charge in [-0.15, -0.1) is 0 Å². The summed E-state index contributed by atoms with van der Waals surface area (Å²) in [4.78, 5) is 20.4. The fourth-order valence-corrected chi connectivity index (χ4v) is 5.50. The smallest absolute Gasteiger partial charge is 0.158 e. The number of hydrogen-bond donors (Lipinski definition) is 2. The zero-order valence-electron chi connectivity index (χ0n) is 24.2. The van der Waals surface area contributed by atoms with E-state index in [1.165, 1.54) is 0 Å². The Kier molecular flexibility index (Phi) is 7.99. The molecule has 44 heavy (non-hydrogen) atoms. The second-order valence-corrected chi connectivity index (χ2v) is 11.5. The van der Waals surface area contributed by atoms with Crippen LogP contribution in [0.2, 0.25) is 0 Å². The number of nitrogen functional groups attached to an aromatic ring is 1. The fourth-order valence-electron chi connectivity index (χ4n) is 4.93. The van der Waals surface area contributed by atoms with Crippen LogP contribution < -0.4 is 15.2 Å². The summed E-state index contributed by atoms with van der Waals surface area (Å²) in [6.45, 7) is 0. The van der Waals surface area contributed by atoms with E-state index in [1.54, 1.807) is 26.6 Å². The molecule has 0 saturated heterocycles. The Hall–Kier alpha value is -4.86. The van der Waals surface area contributed by atoms with Gasteiger partial charge in [-0.1, -0.05) is 5.92 Å². The lowest BCUT2D eigenvalue weighted by atomic mass is 10.1. The molecular weight excluding hydrogens is 688 g/mol. The number of aromatic amines is 1. The average Bonchev–Trinajstić information content (AvgIpc) is 3.69. The summed E-state index contributed by atoms with van der Waals surface area (Å²) in [5.74, 6) is 8.05. The van der Waals surface area contributed by atoms with E-state index in [0.717, 1.165) is 65.9 Å². The van der Waals surface area contributed by atoms with Crippen LogP contribution in [0.5, 0.6) is 11.5 Å². The Morgan fingerprint density at radius 3 is 2.16 bits per heavy atom. The molecule has 7 rings (SSSR count). The van der Waals surface area contributed by atoms with Crippen molar-refractivity contribution in [1.29, 1.82) is 0 Å². The highest BCUT2D eigenvalue weighted by Gasteiger charge is 2.13. The topological polar surface area (TPSA) is 122 Å². The highest BCUT2D eigenvalue weighted by Crippen LogP contribution is 2.33. The van der Waals surface area contributed by atoms with Gasteiger partial charge < -0.3 is 29.3 Å². The molecule has 5 heterocycles. The number of ether oxygens (including phenoxy) is 2. The maximum atomic E-state index is 5.79. The minimum absolute atomic E-state index is 0.313. The summed E-state index contributed by atoms with van der Waals surface area (Å²) in [6.07, 6.45) is 7.31. The highest BCUT2D eigenvalue weighted by molar-refractivity contribution is 9.10. The zero-order valence-corrected chi connectivity index (χ0v) is 27.4. The number of nitrogens with one attached hydrogen (secondary N) is 1. The van der Waals surface area contributed by atoms with E-state index in [0.29, 0.717) is 16.1 Å². The van der Waals surface area contributed by atoms with Crippen LogP contribution in [0.3, 0.4) is 0 Å². The van der Waals surface area contributed by atoms with Crippen molar-refractivity contribution in [3.8, 4) is 34.6 Å². The van der Waals surface area contributed by atoms with Crippen LogP contribution in [0, 0.1) is 11.8 Å². The minimum atomic E-state index is 0.313. The summed E-state index contributed by atoms with van der Waals surface area (Å²) < 4.78 is 16.1. The maximum Gasteiger partial charge on any atom is 0.158 e. The summed E-state index contributed by atoms with van der Waals surface area (Å²) in [6, 6.07) is 14.0. The molecule has 12 heteroatoms. The number of methoxy groups -OCH3 is 2. The van der Waals surface area contributed by atoms with Gasteiger partial charge in [0.05, 0.1) is 37.9 Å². The number of hydrogen-bond acceptors (Lipinski definition) is 7. The van der Waals surface area contributed by atoms with E-state index in [1.807, 2.05) is 61.3 Å². The first-order valence-corrected chi connectivity index (χ1v) is 14.9. The minimum Gasteiger partial charge on any atom is -0.497 e. The first-order chi connectivity index (χ1) is 21.2. The molecular formula is C32H26Br2N8O2. The lowest BCUT2D eigenvalue weighted by molar-refractivity contribution is 0.415. The first-order valence-electron chi connectivity index (χ1n) is 13.3. The van der Waals surface area contributed by atoms with Gasteiger partial charge in [0, 0.05) is 53.9 Å². The number of rotatable bonds is 3. The molecule has 0 amide bonds. The number of aryl methyl sites for hydroxylation is 2. The maximum absolute atomic E-state index is 5.79.